The summed E-state index contributed by atoms with van der Waals surface area (Å²) in [6, 6.07) is 9.95. The van der Waals surface area contributed by atoms with Crippen molar-refractivity contribution in [3.63, 3.8) is 0 Å². The summed E-state index contributed by atoms with van der Waals surface area (Å²) >= 11 is 1.47. The van der Waals surface area contributed by atoms with Gasteiger partial charge in [-0.05, 0) is 30.0 Å². The second-order valence-corrected chi connectivity index (χ2v) is 4.89. The van der Waals surface area contributed by atoms with Gasteiger partial charge in [0.1, 0.15) is 0 Å². The summed E-state index contributed by atoms with van der Waals surface area (Å²) in [5, 5.41) is 12.6. The van der Waals surface area contributed by atoms with Crippen molar-refractivity contribution < 1.29 is 9.72 Å². The van der Waals surface area contributed by atoms with Crippen LogP contribution in [-0.2, 0) is 4.79 Å². The number of Topliss-reactive ketones (excluding diaryl/α,β-unsaturated/α-hetero) is 1. The van der Waals surface area contributed by atoms with E-state index >= 15 is 0 Å². The van der Waals surface area contributed by atoms with Crippen molar-refractivity contribution in [3.8, 4) is 0 Å². The lowest BCUT2D eigenvalue weighted by molar-refractivity contribution is -0.384. The lowest BCUT2D eigenvalue weighted by Gasteiger charge is -2.01. The Balaban J connectivity index is 2.45. The molecule has 0 aliphatic rings. The zero-order valence-electron chi connectivity index (χ0n) is 10.2. The summed E-state index contributed by atoms with van der Waals surface area (Å²) in [7, 11) is 0. The lowest BCUT2D eigenvalue weighted by atomic mass is 10.1. The molecule has 0 saturated heterocycles. The predicted molar refractivity (Wildman–Crippen MR) is 76.0 cm³/mol. The molecule has 0 atom stereocenters. The van der Waals surface area contributed by atoms with Gasteiger partial charge < -0.3 is 0 Å². The van der Waals surface area contributed by atoms with Gasteiger partial charge in [0.15, 0.2) is 5.78 Å². The van der Waals surface area contributed by atoms with Gasteiger partial charge in [-0.2, -0.15) is 0 Å². The molecule has 0 radical (unpaired) electrons. The van der Waals surface area contributed by atoms with Crippen LogP contribution in [0.2, 0.25) is 0 Å². The summed E-state index contributed by atoms with van der Waals surface area (Å²) in [6.45, 7) is 1.49. The van der Waals surface area contributed by atoms with Gasteiger partial charge in [0.05, 0.1) is 4.92 Å². The van der Waals surface area contributed by atoms with Crippen molar-refractivity contribution in [1.29, 1.82) is 0 Å². The Bertz CT molecular complexity index is 644. The van der Waals surface area contributed by atoms with Gasteiger partial charge in [-0.15, -0.1) is 11.3 Å². The minimum absolute atomic E-state index is 0.0165. The summed E-state index contributed by atoms with van der Waals surface area (Å²) in [6.07, 6.45) is 1.68. The number of hydrogen-bond donors (Lipinski definition) is 0. The van der Waals surface area contributed by atoms with Crippen molar-refractivity contribution in [3.05, 3.63) is 62.3 Å². The third-order valence-electron chi connectivity index (χ3n) is 2.56. The smallest absolute Gasteiger partial charge is 0.270 e. The fraction of sp³-hybridized carbons (Fsp3) is 0.0714. The van der Waals surface area contributed by atoms with Crippen LogP contribution in [0.25, 0.3) is 11.6 Å². The van der Waals surface area contributed by atoms with Gasteiger partial charge >= 0.3 is 0 Å². The minimum Gasteiger partial charge on any atom is -0.294 e. The number of benzene rings is 1. The average Bonchev–Trinajstić information content (AvgIpc) is 2.89. The maximum Gasteiger partial charge on any atom is 0.270 e. The van der Waals surface area contributed by atoms with E-state index in [4.69, 9.17) is 0 Å². The highest BCUT2D eigenvalue weighted by atomic mass is 32.1. The van der Waals surface area contributed by atoms with Crippen molar-refractivity contribution >= 4 is 34.5 Å². The van der Waals surface area contributed by atoms with Gasteiger partial charge in [-0.1, -0.05) is 18.2 Å². The molecule has 2 rings (SSSR count). The number of carbonyl (C=O) groups excluding carboxylic acids is 1. The molecule has 0 saturated carbocycles. The van der Waals surface area contributed by atoms with Crippen LogP contribution in [-0.4, -0.2) is 10.7 Å². The molecule has 1 heterocycles. The number of rotatable bonds is 4. The first-order valence-corrected chi connectivity index (χ1v) is 6.47. The Kier molecular flexibility index (Phi) is 3.87. The topological polar surface area (TPSA) is 60.2 Å². The maximum absolute atomic E-state index is 11.7. The monoisotopic (exact) mass is 273 g/mol. The first-order valence-electron chi connectivity index (χ1n) is 5.59. The summed E-state index contributed by atoms with van der Waals surface area (Å²) in [4.78, 5) is 22.8. The molecule has 0 N–H and O–H groups in total. The summed E-state index contributed by atoms with van der Waals surface area (Å²) < 4.78 is 0. The molecule has 0 unspecified atom stereocenters. The van der Waals surface area contributed by atoms with Crippen molar-refractivity contribution in [2.45, 2.75) is 6.92 Å². The number of thiophene rings is 1. The second kappa shape index (κ2) is 5.58. The van der Waals surface area contributed by atoms with E-state index in [1.54, 1.807) is 18.2 Å². The second-order valence-electron chi connectivity index (χ2n) is 3.94. The highest BCUT2D eigenvalue weighted by molar-refractivity contribution is 7.11. The van der Waals surface area contributed by atoms with Crippen LogP contribution in [0, 0.1) is 10.1 Å². The quantitative estimate of drug-likeness (QED) is 0.484. The van der Waals surface area contributed by atoms with Gasteiger partial charge in [-0.3, -0.25) is 14.9 Å². The number of carbonyl (C=O) groups is 1. The SMILES string of the molecule is CC(=O)C(=Cc1cccc([N+](=O)[O-])c1)c1cccs1. The largest absolute Gasteiger partial charge is 0.294 e. The molecule has 0 amide bonds. The van der Waals surface area contributed by atoms with E-state index in [1.807, 2.05) is 17.5 Å². The Morgan fingerprint density at radius 1 is 1.32 bits per heavy atom. The van der Waals surface area contributed by atoms with E-state index < -0.39 is 4.92 Å². The molecule has 0 aliphatic heterocycles. The standard InChI is InChI=1S/C14H11NO3S/c1-10(16)13(14-6-3-7-19-14)9-11-4-2-5-12(8-11)15(17)18/h2-9H,1H3. The first-order chi connectivity index (χ1) is 9.08. The molecular formula is C14H11NO3S. The van der Waals surface area contributed by atoms with Crippen molar-refractivity contribution in [1.82, 2.24) is 0 Å². The Hall–Kier alpha value is -2.27. The third kappa shape index (κ3) is 3.14. The number of ketones is 1. The van der Waals surface area contributed by atoms with Crippen LogP contribution in [0.15, 0.2) is 41.8 Å². The first kappa shape index (κ1) is 13.2. The van der Waals surface area contributed by atoms with E-state index in [0.717, 1.165) is 4.88 Å². The van der Waals surface area contributed by atoms with E-state index in [-0.39, 0.29) is 11.5 Å². The van der Waals surface area contributed by atoms with Crippen LogP contribution in [0.4, 0.5) is 5.69 Å². The van der Waals surface area contributed by atoms with E-state index in [9.17, 15) is 14.9 Å². The van der Waals surface area contributed by atoms with Crippen LogP contribution in [0.1, 0.15) is 17.4 Å². The fourth-order valence-electron chi connectivity index (χ4n) is 1.67. The summed E-state index contributed by atoms with van der Waals surface area (Å²) in [5.41, 5.74) is 1.23. The number of allylic oxidation sites excluding steroid dienone is 1. The van der Waals surface area contributed by atoms with Crippen LogP contribution >= 0.6 is 11.3 Å². The predicted octanol–water partition coefficient (Wildman–Crippen LogP) is 3.79. The van der Waals surface area contributed by atoms with E-state index in [2.05, 4.69) is 0 Å². The molecule has 96 valence electrons. The molecule has 1 aromatic heterocycles. The number of non-ortho nitro benzene ring substituents is 1. The molecular weight excluding hydrogens is 262 g/mol. The van der Waals surface area contributed by atoms with Crippen molar-refractivity contribution in [2.75, 3.05) is 0 Å². The molecule has 2 aromatic rings. The highest BCUT2D eigenvalue weighted by Gasteiger charge is 2.10. The molecule has 0 spiro atoms. The zero-order chi connectivity index (χ0) is 13.8. The molecule has 5 heteroatoms. The van der Waals surface area contributed by atoms with Gasteiger partial charge in [0.2, 0.25) is 0 Å². The zero-order valence-corrected chi connectivity index (χ0v) is 11.0. The lowest BCUT2D eigenvalue weighted by Crippen LogP contribution is -1.94. The maximum atomic E-state index is 11.7. The van der Waals surface area contributed by atoms with E-state index in [1.165, 1.54) is 30.4 Å². The molecule has 0 fully saturated rings. The Labute approximate surface area is 114 Å². The van der Waals surface area contributed by atoms with Gasteiger partial charge in [0, 0.05) is 22.6 Å². The summed E-state index contributed by atoms with van der Waals surface area (Å²) in [5.74, 6) is -0.0612. The molecule has 19 heavy (non-hydrogen) atoms. The normalized spacial score (nSPS) is 11.3. The number of nitro groups is 1. The van der Waals surface area contributed by atoms with Crippen LogP contribution in [0.3, 0.4) is 0 Å². The Morgan fingerprint density at radius 3 is 2.68 bits per heavy atom. The third-order valence-corrected chi connectivity index (χ3v) is 3.46. The van der Waals surface area contributed by atoms with Crippen LogP contribution in [0.5, 0.6) is 0 Å². The van der Waals surface area contributed by atoms with Gasteiger partial charge in [0.25, 0.3) is 5.69 Å². The van der Waals surface area contributed by atoms with Crippen molar-refractivity contribution in [2.24, 2.45) is 0 Å². The van der Waals surface area contributed by atoms with E-state index in [0.29, 0.717) is 11.1 Å². The Morgan fingerprint density at radius 2 is 2.11 bits per heavy atom. The number of hydrogen-bond acceptors (Lipinski definition) is 4. The fourth-order valence-corrected chi connectivity index (χ4v) is 2.46. The molecule has 0 bridgehead atoms. The molecule has 0 aliphatic carbocycles. The number of nitro benzene ring substituents is 1. The average molecular weight is 273 g/mol. The minimum atomic E-state index is -0.448. The molecule has 4 nitrogen and oxygen atoms in total. The van der Waals surface area contributed by atoms with Gasteiger partial charge in [-0.25, -0.2) is 0 Å². The number of nitrogens with zero attached hydrogens (tertiary/aromatic N) is 1. The van der Waals surface area contributed by atoms with Crippen LogP contribution < -0.4 is 0 Å². The molecule has 1 aromatic carbocycles. The highest BCUT2D eigenvalue weighted by Crippen LogP contribution is 2.24.